The van der Waals surface area contributed by atoms with Gasteiger partial charge in [-0.2, -0.15) is 26.3 Å². The summed E-state index contributed by atoms with van der Waals surface area (Å²) in [5.41, 5.74) is -3.11. The summed E-state index contributed by atoms with van der Waals surface area (Å²) in [6.45, 7) is 0.319. The van der Waals surface area contributed by atoms with Gasteiger partial charge >= 0.3 is 12.4 Å². The summed E-state index contributed by atoms with van der Waals surface area (Å²) in [5, 5.41) is 5.71. The van der Waals surface area contributed by atoms with E-state index in [1.807, 2.05) is 11.4 Å². The quantitative estimate of drug-likeness (QED) is 0.345. The Morgan fingerprint density at radius 1 is 0.964 bits per heavy atom. The Morgan fingerprint density at radius 3 is 2.29 bits per heavy atom. The predicted octanol–water partition coefficient (Wildman–Crippen LogP) is 5.58. The molecule has 0 unspecified atom stereocenters. The van der Waals surface area contributed by atoms with E-state index in [1.54, 1.807) is 0 Å². The van der Waals surface area contributed by atoms with Crippen LogP contribution in [0.1, 0.15) is 23.1 Å². The molecule has 0 amide bonds. The van der Waals surface area contributed by atoms with Crippen LogP contribution in [0.2, 0.25) is 0 Å². The van der Waals surface area contributed by atoms with Crippen molar-refractivity contribution in [2.75, 3.05) is 11.9 Å². The second kappa shape index (κ2) is 7.67. The Bertz CT molecular complexity index is 1010. The van der Waals surface area contributed by atoms with Gasteiger partial charge < -0.3 is 5.32 Å². The van der Waals surface area contributed by atoms with E-state index >= 15 is 0 Å². The lowest BCUT2D eigenvalue weighted by Crippen LogP contribution is -2.11. The van der Waals surface area contributed by atoms with Crippen LogP contribution in [0.4, 0.5) is 32.2 Å². The number of fused-ring (bicyclic) bond motifs is 1. The van der Waals surface area contributed by atoms with Gasteiger partial charge in [-0.05, 0) is 29.6 Å². The molecule has 0 bridgehead atoms. The first-order valence-corrected chi connectivity index (χ1v) is 8.73. The molecule has 1 aromatic carbocycles. The van der Waals surface area contributed by atoms with Crippen LogP contribution in [0, 0.1) is 11.8 Å². The van der Waals surface area contributed by atoms with Gasteiger partial charge in [-0.1, -0.05) is 11.8 Å². The molecule has 0 fully saturated rings. The standard InChI is InChI=1S/C18H11F6N3S/c19-17(20,21)12-7-11(8-13(9-12)18(22,23)24)3-1-2-5-25-15-14-4-6-28-16(14)27-10-26-15/h4,6-10H,2,5H2,(H,25,26,27). The fourth-order valence-corrected chi connectivity index (χ4v) is 3.10. The van der Waals surface area contributed by atoms with Crippen molar-refractivity contribution in [1.82, 2.24) is 9.97 Å². The van der Waals surface area contributed by atoms with E-state index in [2.05, 4.69) is 27.1 Å². The second-order valence-corrected chi connectivity index (χ2v) is 6.53. The Morgan fingerprint density at radius 2 is 1.64 bits per heavy atom. The molecule has 0 spiro atoms. The van der Waals surface area contributed by atoms with Crippen molar-refractivity contribution in [3.8, 4) is 11.8 Å². The van der Waals surface area contributed by atoms with Crippen molar-refractivity contribution >= 4 is 27.4 Å². The molecule has 0 aliphatic rings. The van der Waals surface area contributed by atoms with Gasteiger partial charge in [0.2, 0.25) is 0 Å². The molecule has 0 saturated carbocycles. The normalized spacial score (nSPS) is 11.9. The molecule has 3 rings (SSSR count). The lowest BCUT2D eigenvalue weighted by molar-refractivity contribution is -0.143. The van der Waals surface area contributed by atoms with E-state index in [4.69, 9.17) is 0 Å². The number of thiophene rings is 1. The summed E-state index contributed by atoms with van der Waals surface area (Å²) in [5.74, 6) is 5.54. The fourth-order valence-electron chi connectivity index (χ4n) is 2.37. The highest BCUT2D eigenvalue weighted by atomic mass is 32.1. The third-order valence-corrected chi connectivity index (χ3v) is 4.45. The molecule has 3 aromatic rings. The molecule has 0 radical (unpaired) electrons. The minimum Gasteiger partial charge on any atom is -0.368 e. The highest BCUT2D eigenvalue weighted by molar-refractivity contribution is 7.16. The Labute approximate surface area is 159 Å². The highest BCUT2D eigenvalue weighted by Crippen LogP contribution is 2.36. The average molecular weight is 415 g/mol. The van der Waals surface area contributed by atoms with Crippen LogP contribution in [-0.4, -0.2) is 16.5 Å². The lowest BCUT2D eigenvalue weighted by atomic mass is 10.0. The van der Waals surface area contributed by atoms with E-state index in [1.165, 1.54) is 17.7 Å². The summed E-state index contributed by atoms with van der Waals surface area (Å²) in [4.78, 5) is 8.99. The molecule has 0 atom stereocenters. The summed E-state index contributed by atoms with van der Waals surface area (Å²) in [7, 11) is 0. The third-order valence-electron chi connectivity index (χ3n) is 3.62. The number of alkyl halides is 6. The minimum atomic E-state index is -4.89. The maximum absolute atomic E-state index is 12.8. The number of aromatic nitrogens is 2. The molecule has 146 valence electrons. The molecule has 0 aliphatic heterocycles. The van der Waals surface area contributed by atoms with E-state index in [0.29, 0.717) is 24.5 Å². The van der Waals surface area contributed by atoms with Crippen molar-refractivity contribution in [2.45, 2.75) is 18.8 Å². The van der Waals surface area contributed by atoms with Crippen LogP contribution in [-0.2, 0) is 12.4 Å². The Hall–Kier alpha value is -2.80. The van der Waals surface area contributed by atoms with Gasteiger partial charge in [0.1, 0.15) is 17.0 Å². The number of hydrogen-bond acceptors (Lipinski definition) is 4. The summed E-state index contributed by atoms with van der Waals surface area (Å²) in [6, 6.07) is 3.13. The van der Waals surface area contributed by atoms with Gasteiger partial charge in [0.15, 0.2) is 0 Å². The van der Waals surface area contributed by atoms with Crippen molar-refractivity contribution in [2.24, 2.45) is 0 Å². The Balaban J connectivity index is 1.72. The number of halogens is 6. The van der Waals surface area contributed by atoms with Crippen LogP contribution in [0.15, 0.2) is 36.0 Å². The predicted molar refractivity (Wildman–Crippen MR) is 93.8 cm³/mol. The van der Waals surface area contributed by atoms with Crippen LogP contribution < -0.4 is 5.32 Å². The van der Waals surface area contributed by atoms with Gasteiger partial charge in [0.05, 0.1) is 16.5 Å². The first-order chi connectivity index (χ1) is 13.1. The van der Waals surface area contributed by atoms with Crippen LogP contribution >= 0.6 is 11.3 Å². The molecular formula is C18H11F6N3S. The number of hydrogen-bond donors (Lipinski definition) is 1. The largest absolute Gasteiger partial charge is 0.416 e. The molecule has 2 aromatic heterocycles. The third kappa shape index (κ3) is 4.72. The zero-order chi connectivity index (χ0) is 20.4. The molecule has 1 N–H and O–H groups in total. The molecule has 2 heterocycles. The van der Waals surface area contributed by atoms with Gasteiger partial charge in [-0.3, -0.25) is 0 Å². The topological polar surface area (TPSA) is 37.8 Å². The van der Waals surface area contributed by atoms with Crippen molar-refractivity contribution in [1.29, 1.82) is 0 Å². The molecule has 0 saturated heterocycles. The van der Waals surface area contributed by atoms with Crippen molar-refractivity contribution in [3.05, 3.63) is 52.7 Å². The highest BCUT2D eigenvalue weighted by Gasteiger charge is 2.36. The maximum atomic E-state index is 12.8. The zero-order valence-electron chi connectivity index (χ0n) is 13.9. The maximum Gasteiger partial charge on any atom is 0.416 e. The number of anilines is 1. The van der Waals surface area contributed by atoms with Gasteiger partial charge in [-0.15, -0.1) is 11.3 Å². The van der Waals surface area contributed by atoms with E-state index in [9.17, 15) is 26.3 Å². The average Bonchev–Trinajstić information content (AvgIpc) is 3.09. The smallest absolute Gasteiger partial charge is 0.368 e. The number of rotatable bonds is 3. The van der Waals surface area contributed by atoms with E-state index in [-0.39, 0.29) is 18.1 Å². The molecule has 3 nitrogen and oxygen atoms in total. The molecular weight excluding hydrogens is 404 g/mol. The molecule has 0 aliphatic carbocycles. The van der Waals surface area contributed by atoms with E-state index in [0.717, 1.165) is 10.2 Å². The number of nitrogens with one attached hydrogen (secondary N) is 1. The van der Waals surface area contributed by atoms with Gasteiger partial charge in [0.25, 0.3) is 0 Å². The van der Waals surface area contributed by atoms with Crippen molar-refractivity contribution < 1.29 is 26.3 Å². The first-order valence-electron chi connectivity index (χ1n) is 7.85. The summed E-state index contributed by atoms with van der Waals surface area (Å²) in [6.07, 6.45) is -8.18. The molecule has 10 heteroatoms. The monoisotopic (exact) mass is 415 g/mol. The fraction of sp³-hybridized carbons (Fsp3) is 0.222. The van der Waals surface area contributed by atoms with Gasteiger partial charge in [-0.25, -0.2) is 9.97 Å². The van der Waals surface area contributed by atoms with Crippen LogP contribution in [0.25, 0.3) is 10.2 Å². The first kappa shape index (κ1) is 19.9. The zero-order valence-corrected chi connectivity index (χ0v) is 14.8. The summed E-state index contributed by atoms with van der Waals surface area (Å²) < 4.78 is 77.0. The van der Waals surface area contributed by atoms with E-state index < -0.39 is 23.5 Å². The van der Waals surface area contributed by atoms with Crippen LogP contribution in [0.5, 0.6) is 0 Å². The number of nitrogens with zero attached hydrogens (tertiary/aromatic N) is 2. The summed E-state index contributed by atoms with van der Waals surface area (Å²) >= 11 is 1.45. The lowest BCUT2D eigenvalue weighted by Gasteiger charge is -2.12. The minimum absolute atomic E-state index is 0.0773. The van der Waals surface area contributed by atoms with Crippen molar-refractivity contribution in [3.63, 3.8) is 0 Å². The second-order valence-electron chi connectivity index (χ2n) is 5.63. The SMILES string of the molecule is FC(F)(F)c1cc(C#CCCNc2ncnc3sccc23)cc(C(F)(F)F)c1. The number of benzene rings is 1. The Kier molecular flexibility index (Phi) is 5.47. The molecule has 28 heavy (non-hydrogen) atoms. The van der Waals surface area contributed by atoms with Gasteiger partial charge in [0, 0.05) is 18.5 Å². The van der Waals surface area contributed by atoms with Crippen LogP contribution in [0.3, 0.4) is 0 Å².